The zero-order chi connectivity index (χ0) is 9.78. The Kier molecular flexibility index (Phi) is 4.80. The monoisotopic (exact) mass is 174 g/mol. The minimum absolute atomic E-state index is 0.306. The van der Waals surface area contributed by atoms with E-state index in [0.29, 0.717) is 12.3 Å². The maximum atomic E-state index is 5.77. The molecule has 1 unspecified atom stereocenters. The maximum Gasteiger partial charge on any atom is 0.190 e. The second kappa shape index (κ2) is 4.83. The summed E-state index contributed by atoms with van der Waals surface area (Å²) >= 11 is 0. The first-order valence-corrected chi connectivity index (χ1v) is 4.96. The van der Waals surface area contributed by atoms with Crippen LogP contribution in [0, 0.1) is 0 Å². The highest BCUT2D eigenvalue weighted by molar-refractivity contribution is 4.41. The van der Waals surface area contributed by atoms with Gasteiger partial charge in [-0.15, -0.1) is 0 Å². The first-order valence-electron chi connectivity index (χ1n) is 4.96. The molecule has 0 aromatic rings. The van der Waals surface area contributed by atoms with Crippen molar-refractivity contribution in [2.75, 3.05) is 20.1 Å². The Hall–Kier alpha value is -0.0800. The number of hydrogen-bond acceptors (Lipinski definition) is 1. The third-order valence-corrected chi connectivity index (χ3v) is 2.79. The molecule has 0 N–H and O–H groups in total. The summed E-state index contributed by atoms with van der Waals surface area (Å²) in [5.74, 6) is 0. The Morgan fingerprint density at radius 1 is 1.08 bits per heavy atom. The SMILES string of the molecule is CC[N+](C)(CC)C(C)OC(C)C. The van der Waals surface area contributed by atoms with Crippen molar-refractivity contribution in [1.29, 1.82) is 0 Å². The van der Waals surface area contributed by atoms with Crippen LogP contribution in [-0.4, -0.2) is 37.0 Å². The number of nitrogens with zero attached hydrogens (tertiary/aromatic N) is 1. The van der Waals surface area contributed by atoms with E-state index in [4.69, 9.17) is 4.74 Å². The molecule has 0 aromatic carbocycles. The van der Waals surface area contributed by atoms with Crippen LogP contribution in [0.4, 0.5) is 0 Å². The molecule has 0 aliphatic carbocycles. The molecule has 0 radical (unpaired) electrons. The quantitative estimate of drug-likeness (QED) is 0.459. The molecular weight excluding hydrogens is 150 g/mol. The van der Waals surface area contributed by atoms with E-state index in [1.807, 2.05) is 0 Å². The van der Waals surface area contributed by atoms with Crippen LogP contribution in [0.25, 0.3) is 0 Å². The first kappa shape index (κ1) is 11.9. The highest BCUT2D eigenvalue weighted by Crippen LogP contribution is 2.12. The van der Waals surface area contributed by atoms with Gasteiger partial charge in [0.25, 0.3) is 0 Å². The van der Waals surface area contributed by atoms with Crippen LogP contribution in [0.3, 0.4) is 0 Å². The van der Waals surface area contributed by atoms with E-state index in [0.717, 1.165) is 17.6 Å². The molecule has 0 amide bonds. The van der Waals surface area contributed by atoms with Gasteiger partial charge in [-0.2, -0.15) is 0 Å². The van der Waals surface area contributed by atoms with E-state index < -0.39 is 0 Å². The van der Waals surface area contributed by atoms with E-state index >= 15 is 0 Å². The normalized spacial score (nSPS) is 15.2. The van der Waals surface area contributed by atoms with Gasteiger partial charge in [0, 0.05) is 6.92 Å². The second-order valence-corrected chi connectivity index (χ2v) is 3.90. The molecule has 1 atom stereocenters. The largest absolute Gasteiger partial charge is 0.327 e. The van der Waals surface area contributed by atoms with Crippen LogP contribution in [0.5, 0.6) is 0 Å². The average molecular weight is 174 g/mol. The van der Waals surface area contributed by atoms with Crippen LogP contribution in [-0.2, 0) is 4.74 Å². The number of rotatable bonds is 5. The van der Waals surface area contributed by atoms with Crippen LogP contribution in [0.15, 0.2) is 0 Å². The molecule has 0 aliphatic heterocycles. The zero-order valence-corrected chi connectivity index (χ0v) is 9.42. The highest BCUT2D eigenvalue weighted by atomic mass is 16.5. The number of ether oxygens (including phenoxy) is 1. The maximum absolute atomic E-state index is 5.77. The Morgan fingerprint density at radius 2 is 1.50 bits per heavy atom. The number of quaternary nitrogens is 1. The summed E-state index contributed by atoms with van der Waals surface area (Å²) in [4.78, 5) is 0. The van der Waals surface area contributed by atoms with Crippen molar-refractivity contribution in [3.63, 3.8) is 0 Å². The van der Waals surface area contributed by atoms with Crippen LogP contribution >= 0.6 is 0 Å². The van der Waals surface area contributed by atoms with E-state index in [9.17, 15) is 0 Å². The molecule has 0 spiro atoms. The summed E-state index contributed by atoms with van der Waals surface area (Å²) in [6.45, 7) is 13.0. The molecule has 0 saturated heterocycles. The van der Waals surface area contributed by atoms with Gasteiger partial charge in [-0.1, -0.05) is 0 Å². The van der Waals surface area contributed by atoms with Crippen molar-refractivity contribution in [1.82, 2.24) is 0 Å². The summed E-state index contributed by atoms with van der Waals surface area (Å²) < 4.78 is 6.77. The fourth-order valence-electron chi connectivity index (χ4n) is 1.28. The van der Waals surface area contributed by atoms with Gasteiger partial charge < -0.3 is 9.22 Å². The van der Waals surface area contributed by atoms with Gasteiger partial charge in [-0.25, -0.2) is 0 Å². The molecule has 12 heavy (non-hydrogen) atoms. The predicted molar refractivity (Wildman–Crippen MR) is 52.9 cm³/mol. The van der Waals surface area contributed by atoms with Crippen LogP contribution in [0.1, 0.15) is 34.6 Å². The minimum atomic E-state index is 0.306. The second-order valence-electron chi connectivity index (χ2n) is 3.90. The lowest BCUT2D eigenvalue weighted by molar-refractivity contribution is -0.950. The van der Waals surface area contributed by atoms with Gasteiger partial charge in [0.05, 0.1) is 26.2 Å². The number of hydrogen-bond donors (Lipinski definition) is 0. The van der Waals surface area contributed by atoms with Gasteiger partial charge in [-0.05, 0) is 27.7 Å². The molecule has 0 aliphatic rings. The molecule has 0 rings (SSSR count). The molecule has 0 saturated carbocycles. The summed E-state index contributed by atoms with van der Waals surface area (Å²) in [5.41, 5.74) is 0. The highest BCUT2D eigenvalue weighted by Gasteiger charge is 2.26. The summed E-state index contributed by atoms with van der Waals surface area (Å²) in [5, 5.41) is 0. The van der Waals surface area contributed by atoms with Gasteiger partial charge in [0.2, 0.25) is 0 Å². The standard InChI is InChI=1S/C10H24NO/c1-7-11(6,8-2)10(5)12-9(3)4/h9-10H,7-8H2,1-6H3/q+1. The third kappa shape index (κ3) is 3.11. The lowest BCUT2D eigenvalue weighted by Gasteiger charge is -2.38. The van der Waals surface area contributed by atoms with Gasteiger partial charge in [0.1, 0.15) is 0 Å². The van der Waals surface area contributed by atoms with Crippen molar-refractivity contribution in [3.8, 4) is 0 Å². The smallest absolute Gasteiger partial charge is 0.190 e. The summed E-state index contributed by atoms with van der Waals surface area (Å²) in [7, 11) is 2.24. The third-order valence-electron chi connectivity index (χ3n) is 2.79. The van der Waals surface area contributed by atoms with Crippen molar-refractivity contribution in [3.05, 3.63) is 0 Å². The molecule has 2 nitrogen and oxygen atoms in total. The van der Waals surface area contributed by atoms with Crippen molar-refractivity contribution in [2.24, 2.45) is 0 Å². The van der Waals surface area contributed by atoms with Gasteiger partial charge in [0.15, 0.2) is 6.23 Å². The van der Waals surface area contributed by atoms with Gasteiger partial charge in [-0.3, -0.25) is 0 Å². The molecule has 0 aromatic heterocycles. The first-order chi connectivity index (χ1) is 5.46. The lowest BCUT2D eigenvalue weighted by atomic mass is 10.3. The predicted octanol–water partition coefficient (Wildman–Crippen LogP) is 2.24. The van der Waals surface area contributed by atoms with Crippen LogP contribution < -0.4 is 0 Å². The van der Waals surface area contributed by atoms with E-state index in [1.54, 1.807) is 0 Å². The topological polar surface area (TPSA) is 9.23 Å². The van der Waals surface area contributed by atoms with E-state index in [1.165, 1.54) is 0 Å². The molecule has 0 bridgehead atoms. The average Bonchev–Trinajstić information content (AvgIpc) is 2.02. The fourth-order valence-corrected chi connectivity index (χ4v) is 1.28. The van der Waals surface area contributed by atoms with Crippen molar-refractivity contribution >= 4 is 0 Å². The molecule has 74 valence electrons. The lowest BCUT2D eigenvalue weighted by Crippen LogP contribution is -2.52. The Balaban J connectivity index is 4.11. The zero-order valence-electron chi connectivity index (χ0n) is 9.42. The minimum Gasteiger partial charge on any atom is -0.327 e. The summed E-state index contributed by atoms with van der Waals surface area (Å²) in [6, 6.07) is 0. The van der Waals surface area contributed by atoms with E-state index in [-0.39, 0.29) is 0 Å². The van der Waals surface area contributed by atoms with E-state index in [2.05, 4.69) is 41.7 Å². The Morgan fingerprint density at radius 3 is 1.75 bits per heavy atom. The van der Waals surface area contributed by atoms with Gasteiger partial charge >= 0.3 is 0 Å². The van der Waals surface area contributed by atoms with Crippen molar-refractivity contribution < 1.29 is 9.22 Å². The molecular formula is C10H24NO+. The fraction of sp³-hybridized carbons (Fsp3) is 1.00. The molecule has 2 heteroatoms. The Labute approximate surface area is 77.1 Å². The summed E-state index contributed by atoms with van der Waals surface area (Å²) in [6.07, 6.45) is 0.635. The molecule has 0 fully saturated rings. The van der Waals surface area contributed by atoms with Crippen LogP contribution in [0.2, 0.25) is 0 Å². The molecule has 0 heterocycles. The Bertz CT molecular complexity index is 119. The van der Waals surface area contributed by atoms with Crippen molar-refractivity contribution in [2.45, 2.75) is 47.0 Å².